The van der Waals surface area contributed by atoms with Crippen LogP contribution in [0.2, 0.25) is 0 Å². The number of carboxylic acid groups (broad SMARTS) is 2. The summed E-state index contributed by atoms with van der Waals surface area (Å²) in [5.74, 6) is -11.0. The van der Waals surface area contributed by atoms with Gasteiger partial charge < -0.3 is 69.9 Å². The molecule has 0 aromatic heterocycles. The Balaban J connectivity index is 2.29. The average Bonchev–Trinajstić information content (AvgIpc) is 3.77. The summed E-state index contributed by atoms with van der Waals surface area (Å²) in [6.07, 6.45) is -0.788. The fourth-order valence-corrected chi connectivity index (χ4v) is 7.07. The van der Waals surface area contributed by atoms with Crippen LogP contribution in [0.4, 0.5) is 0 Å². The minimum atomic E-state index is -1.76. The number of nitrogens with one attached hydrogen (secondary N) is 6. The first kappa shape index (κ1) is 56.4. The molecule has 0 radical (unpaired) electrons. The second-order valence-electron chi connectivity index (χ2n) is 16.6. The zero-order valence-electron chi connectivity index (χ0n) is 38.1. The normalized spacial score (nSPS) is 16.9. The summed E-state index contributed by atoms with van der Waals surface area (Å²) >= 11 is 0. The molecule has 0 saturated carbocycles. The highest BCUT2D eigenvalue weighted by molar-refractivity contribution is 5.99. The van der Waals surface area contributed by atoms with Gasteiger partial charge in [0.25, 0.3) is 0 Å². The molecule has 0 unspecified atom stereocenters. The molecule has 1 saturated heterocycles. The molecular formula is C43H67N11O13. The van der Waals surface area contributed by atoms with Crippen molar-refractivity contribution in [2.24, 2.45) is 28.9 Å². The Bertz CT molecular complexity index is 1920. The molecule has 0 aliphatic carbocycles. The van der Waals surface area contributed by atoms with Crippen molar-refractivity contribution in [3.63, 3.8) is 0 Å². The van der Waals surface area contributed by atoms with E-state index in [1.165, 1.54) is 11.8 Å². The van der Waals surface area contributed by atoms with Gasteiger partial charge in [-0.3, -0.25) is 47.9 Å². The monoisotopic (exact) mass is 945 g/mol. The molecule has 9 amide bonds. The molecule has 1 fully saturated rings. The molecule has 2 rings (SSSR count). The summed E-state index contributed by atoms with van der Waals surface area (Å²) in [5.41, 5.74) is 23.1. The van der Waals surface area contributed by atoms with Crippen LogP contribution in [0.5, 0.6) is 0 Å². The van der Waals surface area contributed by atoms with Crippen LogP contribution in [0.1, 0.15) is 97.0 Å². The van der Waals surface area contributed by atoms with Gasteiger partial charge in [-0.2, -0.15) is 0 Å². The van der Waals surface area contributed by atoms with Gasteiger partial charge in [0, 0.05) is 25.8 Å². The van der Waals surface area contributed by atoms with Crippen LogP contribution < -0.4 is 54.8 Å². The third kappa shape index (κ3) is 19.4. The second kappa shape index (κ2) is 28.4. The zero-order chi connectivity index (χ0) is 50.4. The van der Waals surface area contributed by atoms with Crippen LogP contribution in [-0.2, 0) is 59.2 Å². The van der Waals surface area contributed by atoms with Crippen molar-refractivity contribution >= 4 is 65.1 Å². The summed E-state index contributed by atoms with van der Waals surface area (Å²) in [6.45, 7) is 5.04. The smallest absolute Gasteiger partial charge is 0.326 e. The molecule has 16 N–H and O–H groups in total. The Labute approximate surface area is 388 Å². The molecule has 67 heavy (non-hydrogen) atoms. The van der Waals surface area contributed by atoms with Gasteiger partial charge in [0.15, 0.2) is 0 Å². The van der Waals surface area contributed by atoms with Crippen LogP contribution in [0.25, 0.3) is 0 Å². The molecule has 0 bridgehead atoms. The average molecular weight is 946 g/mol. The standard InChI is InChI=1S/C43H67N11O13/c1-4-23(2)35(47)41(64)50-27(16-18-34(57)58)37(60)48-24(3)36(59)49-26(15-17-32(45)55)38(61)52-29(22-33(46)56)39(62)51-28(13-8-9-19-44)42(65)54-20-10-14-31(54)40(63)53-30(43(66)67)21-25-11-6-5-7-12-25/h5-7,11-12,23-24,26-31,35H,4,8-10,13-22,44,47H2,1-3H3,(H2,45,55)(H2,46,56)(H,48,60)(H,49,59)(H,50,64)(H,51,62)(H,52,61)(H,53,63)(H,57,58)(H,66,67)/t23-,24-,26-,27-,28-,29-,30-,31-,35-/m0/s1. The molecule has 1 aromatic carbocycles. The zero-order valence-corrected chi connectivity index (χ0v) is 38.1. The Morgan fingerprint density at radius 2 is 1.25 bits per heavy atom. The summed E-state index contributed by atoms with van der Waals surface area (Å²) < 4.78 is 0. The van der Waals surface area contributed by atoms with Crippen molar-refractivity contribution < 1.29 is 63.0 Å². The SMILES string of the molecule is CC[C@H](C)[C@H](N)C(=O)N[C@@H](CCC(=O)O)C(=O)N[C@@H](C)C(=O)N[C@@H](CCC(N)=O)C(=O)N[C@@H](CC(N)=O)C(=O)N[C@@H](CCCCN)C(=O)N1CCC[C@H]1C(=O)N[C@@H](Cc1ccccc1)C(=O)O. The van der Waals surface area contributed by atoms with Gasteiger partial charge in [0.1, 0.15) is 42.3 Å². The molecule has 1 aliphatic rings. The topological polar surface area (TPSA) is 408 Å². The fourth-order valence-electron chi connectivity index (χ4n) is 7.07. The van der Waals surface area contributed by atoms with E-state index in [4.69, 9.17) is 22.9 Å². The van der Waals surface area contributed by atoms with E-state index in [1.807, 2.05) is 0 Å². The quantitative estimate of drug-likeness (QED) is 0.0337. The number of unbranched alkanes of at least 4 members (excludes halogenated alkanes) is 1. The highest BCUT2D eigenvalue weighted by atomic mass is 16.4. The number of rotatable bonds is 30. The van der Waals surface area contributed by atoms with E-state index in [0.717, 1.165) is 0 Å². The number of nitrogens with zero attached hydrogens (tertiary/aromatic N) is 1. The van der Waals surface area contributed by atoms with Crippen molar-refractivity contribution in [3.8, 4) is 0 Å². The van der Waals surface area contributed by atoms with E-state index >= 15 is 0 Å². The first-order valence-corrected chi connectivity index (χ1v) is 22.2. The van der Waals surface area contributed by atoms with Gasteiger partial charge in [-0.15, -0.1) is 0 Å². The predicted octanol–water partition coefficient (Wildman–Crippen LogP) is -3.26. The third-order valence-corrected chi connectivity index (χ3v) is 11.2. The fraction of sp³-hybridized carbons (Fsp3) is 0.605. The number of carbonyl (C=O) groups excluding carboxylic acids is 9. The number of amides is 9. The lowest BCUT2D eigenvalue weighted by Gasteiger charge is -2.30. The molecule has 9 atom stereocenters. The number of nitrogens with two attached hydrogens (primary N) is 4. The van der Waals surface area contributed by atoms with Crippen LogP contribution in [0, 0.1) is 5.92 Å². The van der Waals surface area contributed by atoms with Gasteiger partial charge in [-0.25, -0.2) is 4.79 Å². The predicted molar refractivity (Wildman–Crippen MR) is 239 cm³/mol. The number of carboxylic acids is 2. The second-order valence-corrected chi connectivity index (χ2v) is 16.6. The molecule has 24 nitrogen and oxygen atoms in total. The van der Waals surface area contributed by atoms with Gasteiger partial charge >= 0.3 is 11.9 Å². The van der Waals surface area contributed by atoms with E-state index in [-0.39, 0.29) is 44.7 Å². The maximum absolute atomic E-state index is 14.1. The summed E-state index contributed by atoms with van der Waals surface area (Å²) in [5, 5.41) is 33.6. The lowest BCUT2D eigenvalue weighted by atomic mass is 9.98. The van der Waals surface area contributed by atoms with Crippen molar-refractivity contribution in [2.45, 2.75) is 146 Å². The van der Waals surface area contributed by atoms with E-state index in [0.29, 0.717) is 31.2 Å². The van der Waals surface area contributed by atoms with Gasteiger partial charge in [-0.1, -0.05) is 50.6 Å². The highest BCUT2D eigenvalue weighted by Crippen LogP contribution is 2.21. The van der Waals surface area contributed by atoms with Crippen molar-refractivity contribution in [2.75, 3.05) is 13.1 Å². The number of hydrogen-bond acceptors (Lipinski definition) is 13. The van der Waals surface area contributed by atoms with E-state index in [2.05, 4.69) is 31.9 Å². The Hall–Kier alpha value is -6.69. The van der Waals surface area contributed by atoms with Crippen LogP contribution in [0.15, 0.2) is 30.3 Å². The lowest BCUT2D eigenvalue weighted by Crippen LogP contribution is -2.60. The Kier molecular flexibility index (Phi) is 23.9. The minimum Gasteiger partial charge on any atom is -0.481 e. The summed E-state index contributed by atoms with van der Waals surface area (Å²) in [4.78, 5) is 144. The molecule has 24 heteroatoms. The highest BCUT2D eigenvalue weighted by Gasteiger charge is 2.40. The first-order valence-electron chi connectivity index (χ1n) is 22.2. The first-order chi connectivity index (χ1) is 31.6. The van der Waals surface area contributed by atoms with Crippen molar-refractivity contribution in [1.29, 1.82) is 0 Å². The maximum atomic E-state index is 14.1. The molecule has 0 spiro atoms. The van der Waals surface area contributed by atoms with Gasteiger partial charge in [-0.05, 0) is 69.9 Å². The van der Waals surface area contributed by atoms with E-state index in [1.54, 1.807) is 44.2 Å². The van der Waals surface area contributed by atoms with Gasteiger partial charge in [0.2, 0.25) is 53.2 Å². The lowest BCUT2D eigenvalue weighted by molar-refractivity contribution is -0.145. The van der Waals surface area contributed by atoms with E-state index < -0.39 is 139 Å². The minimum absolute atomic E-state index is 0.00201. The van der Waals surface area contributed by atoms with E-state index in [9.17, 15) is 63.0 Å². The van der Waals surface area contributed by atoms with Crippen molar-refractivity contribution in [1.82, 2.24) is 36.8 Å². The van der Waals surface area contributed by atoms with Crippen LogP contribution in [-0.4, -0.2) is 142 Å². The number of aliphatic carboxylic acids is 2. The van der Waals surface area contributed by atoms with Crippen molar-refractivity contribution in [3.05, 3.63) is 35.9 Å². The number of hydrogen-bond donors (Lipinski definition) is 12. The van der Waals surface area contributed by atoms with Crippen LogP contribution in [0.3, 0.4) is 0 Å². The molecule has 1 heterocycles. The molecule has 1 aromatic rings. The van der Waals surface area contributed by atoms with Crippen LogP contribution >= 0.6 is 0 Å². The molecular weight excluding hydrogens is 879 g/mol. The van der Waals surface area contributed by atoms with Gasteiger partial charge in [0.05, 0.1) is 12.5 Å². The summed E-state index contributed by atoms with van der Waals surface area (Å²) in [6, 6.07) is -2.40. The number of primary amides is 2. The third-order valence-electron chi connectivity index (χ3n) is 11.2. The largest absolute Gasteiger partial charge is 0.481 e. The summed E-state index contributed by atoms with van der Waals surface area (Å²) in [7, 11) is 0. The molecule has 372 valence electrons. The maximum Gasteiger partial charge on any atom is 0.326 e. The number of benzene rings is 1. The number of likely N-dealkylation sites (tertiary alicyclic amines) is 1. The Morgan fingerprint density at radius 1 is 0.687 bits per heavy atom. The Morgan fingerprint density at radius 3 is 1.82 bits per heavy atom. The molecule has 1 aliphatic heterocycles. The number of carbonyl (C=O) groups is 11.